The molecule has 1 aliphatic heterocycles. The van der Waals surface area contributed by atoms with Crippen LogP contribution in [0.2, 0.25) is 0 Å². The Kier molecular flexibility index (Phi) is 4.66. The summed E-state index contributed by atoms with van der Waals surface area (Å²) in [5.41, 5.74) is 1.07. The van der Waals surface area contributed by atoms with Crippen LogP contribution in [0.3, 0.4) is 0 Å². The summed E-state index contributed by atoms with van der Waals surface area (Å²) < 4.78 is 0.787. The SMILES string of the molecule is CN1CCN(C)C(c2nc(C3CCCC3)c(I)c(=O)[nH]2)C1. The standard InChI is InChI=1S/C15H23IN4O/c1-19-7-8-20(2)11(9-19)14-17-13(10-5-3-4-6-10)12(16)15(21)18-14/h10-11H,3-9H2,1-2H3,(H,17,18,21). The quantitative estimate of drug-likeness (QED) is 0.769. The molecule has 0 amide bonds. The second kappa shape index (κ2) is 6.34. The number of nitrogens with one attached hydrogen (secondary N) is 1. The maximum atomic E-state index is 12.3. The first-order chi connectivity index (χ1) is 10.1. The van der Waals surface area contributed by atoms with Crippen molar-refractivity contribution < 1.29 is 0 Å². The fourth-order valence-electron chi connectivity index (χ4n) is 3.43. The van der Waals surface area contributed by atoms with Crippen LogP contribution >= 0.6 is 22.6 Å². The average molecular weight is 402 g/mol. The van der Waals surface area contributed by atoms with Gasteiger partial charge in [-0.15, -0.1) is 0 Å². The topological polar surface area (TPSA) is 52.2 Å². The van der Waals surface area contributed by atoms with Crippen molar-refractivity contribution in [1.29, 1.82) is 0 Å². The van der Waals surface area contributed by atoms with E-state index in [9.17, 15) is 4.79 Å². The lowest BCUT2D eigenvalue weighted by Crippen LogP contribution is -2.46. The number of likely N-dealkylation sites (N-methyl/N-ethyl adjacent to an activating group) is 2. The van der Waals surface area contributed by atoms with E-state index in [1.165, 1.54) is 25.7 Å². The van der Waals surface area contributed by atoms with E-state index in [0.717, 1.165) is 34.7 Å². The van der Waals surface area contributed by atoms with Crippen molar-refractivity contribution in [3.63, 3.8) is 0 Å². The average Bonchev–Trinajstić information content (AvgIpc) is 2.98. The van der Waals surface area contributed by atoms with Crippen LogP contribution in [0.5, 0.6) is 0 Å². The minimum atomic E-state index is 0.0316. The van der Waals surface area contributed by atoms with E-state index in [1.807, 2.05) is 0 Å². The third kappa shape index (κ3) is 3.17. The van der Waals surface area contributed by atoms with Crippen molar-refractivity contribution in [2.24, 2.45) is 0 Å². The molecule has 6 heteroatoms. The van der Waals surface area contributed by atoms with E-state index in [1.54, 1.807) is 0 Å². The lowest BCUT2D eigenvalue weighted by molar-refractivity contribution is 0.109. The van der Waals surface area contributed by atoms with Crippen molar-refractivity contribution in [3.05, 3.63) is 25.4 Å². The van der Waals surface area contributed by atoms with E-state index < -0.39 is 0 Å². The van der Waals surface area contributed by atoms with E-state index in [-0.39, 0.29) is 11.6 Å². The van der Waals surface area contributed by atoms with Crippen molar-refractivity contribution in [3.8, 4) is 0 Å². The predicted octanol–water partition coefficient (Wildman–Crippen LogP) is 1.95. The molecule has 1 aromatic rings. The molecule has 21 heavy (non-hydrogen) atoms. The molecule has 1 N–H and O–H groups in total. The highest BCUT2D eigenvalue weighted by molar-refractivity contribution is 14.1. The molecule has 2 aliphatic rings. The number of aromatic amines is 1. The molecule has 1 atom stereocenters. The molecule has 0 spiro atoms. The Bertz CT molecular complexity index is 567. The Morgan fingerprint density at radius 3 is 2.67 bits per heavy atom. The molecule has 3 rings (SSSR count). The van der Waals surface area contributed by atoms with Crippen LogP contribution in [0.25, 0.3) is 0 Å². The predicted molar refractivity (Wildman–Crippen MR) is 91.7 cm³/mol. The maximum Gasteiger partial charge on any atom is 0.264 e. The fraction of sp³-hybridized carbons (Fsp3) is 0.733. The van der Waals surface area contributed by atoms with Crippen LogP contribution in [0.1, 0.15) is 49.2 Å². The number of piperazine rings is 1. The van der Waals surface area contributed by atoms with Crippen LogP contribution in [0.15, 0.2) is 4.79 Å². The Balaban J connectivity index is 1.97. The van der Waals surface area contributed by atoms with E-state index in [2.05, 4.69) is 51.5 Å². The molecule has 0 radical (unpaired) electrons. The molecule has 116 valence electrons. The van der Waals surface area contributed by atoms with Crippen molar-refractivity contribution in [2.45, 2.75) is 37.6 Å². The number of rotatable bonds is 2. The van der Waals surface area contributed by atoms with Gasteiger partial charge in [-0.1, -0.05) is 12.8 Å². The van der Waals surface area contributed by atoms with Gasteiger partial charge in [0.2, 0.25) is 0 Å². The van der Waals surface area contributed by atoms with Crippen LogP contribution in [0.4, 0.5) is 0 Å². The molecule has 2 fully saturated rings. The molecule has 0 aromatic carbocycles. The van der Waals surface area contributed by atoms with Crippen LogP contribution in [-0.4, -0.2) is 53.5 Å². The van der Waals surface area contributed by atoms with Gasteiger partial charge in [0, 0.05) is 25.6 Å². The first-order valence-corrected chi connectivity index (χ1v) is 8.82. The number of aromatic nitrogens is 2. The first-order valence-electron chi connectivity index (χ1n) is 7.74. The van der Waals surface area contributed by atoms with E-state index in [4.69, 9.17) is 4.98 Å². The molecule has 1 aliphatic carbocycles. The normalized spacial score (nSPS) is 25.6. The van der Waals surface area contributed by atoms with Crippen LogP contribution in [-0.2, 0) is 0 Å². The van der Waals surface area contributed by atoms with Gasteiger partial charge in [0.1, 0.15) is 5.82 Å². The van der Waals surface area contributed by atoms with E-state index in [0.29, 0.717) is 5.92 Å². The third-order valence-corrected chi connectivity index (χ3v) is 5.86. The number of hydrogen-bond acceptors (Lipinski definition) is 4. The lowest BCUT2D eigenvalue weighted by Gasteiger charge is -2.37. The Hall–Kier alpha value is -0.470. The summed E-state index contributed by atoms with van der Waals surface area (Å²) in [4.78, 5) is 24.8. The Morgan fingerprint density at radius 2 is 1.95 bits per heavy atom. The second-order valence-corrected chi connectivity index (χ2v) is 7.47. The highest BCUT2D eigenvalue weighted by Gasteiger charge is 2.29. The minimum absolute atomic E-state index is 0.0316. The zero-order valence-electron chi connectivity index (χ0n) is 12.7. The molecule has 2 heterocycles. The summed E-state index contributed by atoms with van der Waals surface area (Å²) in [7, 11) is 4.24. The first kappa shape index (κ1) is 15.4. The van der Waals surface area contributed by atoms with E-state index >= 15 is 0 Å². The molecule has 1 unspecified atom stereocenters. The number of H-pyrrole nitrogens is 1. The molecule has 1 aromatic heterocycles. The summed E-state index contributed by atoms with van der Waals surface area (Å²) in [5.74, 6) is 1.32. The molecular weight excluding hydrogens is 379 g/mol. The third-order valence-electron chi connectivity index (χ3n) is 4.82. The Morgan fingerprint density at radius 1 is 1.24 bits per heavy atom. The molecular formula is C15H23IN4O. The monoisotopic (exact) mass is 402 g/mol. The highest BCUT2D eigenvalue weighted by atomic mass is 127. The van der Waals surface area contributed by atoms with Gasteiger partial charge in [0.25, 0.3) is 5.56 Å². The van der Waals surface area contributed by atoms with Gasteiger partial charge >= 0.3 is 0 Å². The lowest BCUT2D eigenvalue weighted by atomic mass is 10.0. The number of nitrogens with zero attached hydrogens (tertiary/aromatic N) is 3. The number of hydrogen-bond donors (Lipinski definition) is 1. The zero-order valence-corrected chi connectivity index (χ0v) is 14.9. The molecule has 1 saturated heterocycles. The summed E-state index contributed by atoms with van der Waals surface area (Å²) >= 11 is 2.16. The van der Waals surface area contributed by atoms with Gasteiger partial charge < -0.3 is 9.88 Å². The zero-order chi connectivity index (χ0) is 15.0. The van der Waals surface area contributed by atoms with Crippen LogP contribution < -0.4 is 5.56 Å². The van der Waals surface area contributed by atoms with Gasteiger partial charge in [-0.25, -0.2) is 4.98 Å². The van der Waals surface area contributed by atoms with Gasteiger partial charge in [0.05, 0.1) is 15.3 Å². The smallest absolute Gasteiger partial charge is 0.264 e. The van der Waals surface area contributed by atoms with Crippen molar-refractivity contribution in [1.82, 2.24) is 19.8 Å². The second-order valence-electron chi connectivity index (χ2n) is 6.39. The van der Waals surface area contributed by atoms with Gasteiger partial charge in [-0.3, -0.25) is 9.69 Å². The summed E-state index contributed by atoms with van der Waals surface area (Å²) in [5, 5.41) is 0. The van der Waals surface area contributed by atoms with Gasteiger partial charge in [-0.05, 0) is 49.5 Å². The Labute approximate surface area is 139 Å². The molecule has 1 saturated carbocycles. The number of halogens is 1. The van der Waals surface area contributed by atoms with Crippen LogP contribution in [0, 0.1) is 3.57 Å². The maximum absolute atomic E-state index is 12.3. The highest BCUT2D eigenvalue weighted by Crippen LogP contribution is 2.35. The largest absolute Gasteiger partial charge is 0.308 e. The van der Waals surface area contributed by atoms with Gasteiger partial charge in [0.15, 0.2) is 0 Å². The minimum Gasteiger partial charge on any atom is -0.308 e. The summed E-state index contributed by atoms with van der Waals surface area (Å²) in [6, 6.07) is 0.189. The van der Waals surface area contributed by atoms with Crippen molar-refractivity contribution >= 4 is 22.6 Å². The summed E-state index contributed by atoms with van der Waals surface area (Å²) in [6.45, 7) is 3.00. The van der Waals surface area contributed by atoms with Gasteiger partial charge in [-0.2, -0.15) is 0 Å². The fourth-order valence-corrected chi connectivity index (χ4v) is 4.12. The molecule has 0 bridgehead atoms. The molecule has 5 nitrogen and oxygen atoms in total. The van der Waals surface area contributed by atoms with Crippen molar-refractivity contribution in [2.75, 3.05) is 33.7 Å². The summed E-state index contributed by atoms with van der Waals surface area (Å²) in [6.07, 6.45) is 4.87.